The highest BCUT2D eigenvalue weighted by Gasteiger charge is 2.45. The second-order valence-electron chi connectivity index (χ2n) is 6.99. The smallest absolute Gasteiger partial charge is 0.230 e. The van der Waals surface area contributed by atoms with Gasteiger partial charge in [-0.3, -0.25) is 4.79 Å². The topological polar surface area (TPSA) is 59.8 Å². The van der Waals surface area contributed by atoms with Gasteiger partial charge in [-0.2, -0.15) is 5.10 Å². The Balaban J connectivity index is 1.48. The summed E-state index contributed by atoms with van der Waals surface area (Å²) < 4.78 is 2.82. The van der Waals surface area contributed by atoms with Crippen molar-refractivity contribution in [3.05, 3.63) is 82.3 Å². The van der Waals surface area contributed by atoms with Crippen molar-refractivity contribution >= 4 is 21.8 Å². The first-order valence-corrected chi connectivity index (χ1v) is 9.90. The molecule has 0 saturated heterocycles. The highest BCUT2D eigenvalue weighted by atomic mass is 79.9. The Morgan fingerprint density at radius 1 is 1.11 bits per heavy atom. The van der Waals surface area contributed by atoms with Gasteiger partial charge in [-0.1, -0.05) is 58.7 Å². The number of amides is 1. The summed E-state index contributed by atoms with van der Waals surface area (Å²) in [4.78, 5) is 17.1. The van der Waals surface area contributed by atoms with Crippen LogP contribution in [0.3, 0.4) is 0 Å². The Bertz CT molecular complexity index is 918. The summed E-state index contributed by atoms with van der Waals surface area (Å²) in [6.45, 7) is 1.16. The maximum Gasteiger partial charge on any atom is 0.230 e. The summed E-state index contributed by atoms with van der Waals surface area (Å²) in [5, 5.41) is 7.35. The number of halogens is 1. The number of nitrogens with zero attached hydrogens (tertiary/aromatic N) is 3. The minimum Gasteiger partial charge on any atom is -0.351 e. The van der Waals surface area contributed by atoms with Gasteiger partial charge in [0.1, 0.15) is 12.7 Å². The van der Waals surface area contributed by atoms with Crippen LogP contribution in [0.15, 0.2) is 65.7 Å². The number of hydrogen-bond donors (Lipinski definition) is 1. The molecule has 0 unspecified atom stereocenters. The molecule has 0 spiro atoms. The van der Waals surface area contributed by atoms with Crippen molar-refractivity contribution in [1.29, 1.82) is 0 Å². The van der Waals surface area contributed by atoms with E-state index in [0.717, 1.165) is 40.4 Å². The molecular formula is C21H21BrN4O. The fourth-order valence-corrected chi connectivity index (χ4v) is 3.93. The molecule has 4 rings (SSSR count). The van der Waals surface area contributed by atoms with E-state index < -0.39 is 0 Å². The van der Waals surface area contributed by atoms with E-state index in [0.29, 0.717) is 13.1 Å². The van der Waals surface area contributed by atoms with Gasteiger partial charge in [0.25, 0.3) is 0 Å². The Morgan fingerprint density at radius 2 is 1.85 bits per heavy atom. The molecule has 1 fully saturated rings. The lowest BCUT2D eigenvalue weighted by Gasteiger charge is -2.40. The van der Waals surface area contributed by atoms with Crippen LogP contribution in [0.5, 0.6) is 0 Å². The lowest BCUT2D eigenvalue weighted by atomic mass is 9.64. The molecule has 1 amide bonds. The standard InChI is InChI=1S/C21H21BrN4O/c22-19-8-6-18(7-9-19)21(10-3-11-21)20(27)24-12-16-4-1-2-5-17(16)13-26-15-23-14-25-26/h1-2,4-9,14-15H,3,10-13H2,(H,24,27). The van der Waals surface area contributed by atoms with Gasteiger partial charge in [-0.15, -0.1) is 0 Å². The number of benzene rings is 2. The van der Waals surface area contributed by atoms with Gasteiger partial charge >= 0.3 is 0 Å². The van der Waals surface area contributed by atoms with Crippen LogP contribution in [-0.4, -0.2) is 20.7 Å². The van der Waals surface area contributed by atoms with Crippen LogP contribution in [0.25, 0.3) is 0 Å². The quantitative estimate of drug-likeness (QED) is 0.653. The van der Waals surface area contributed by atoms with E-state index in [2.05, 4.69) is 55.6 Å². The maximum absolute atomic E-state index is 13.1. The van der Waals surface area contributed by atoms with Crippen molar-refractivity contribution in [1.82, 2.24) is 20.1 Å². The number of carbonyl (C=O) groups excluding carboxylic acids is 1. The van der Waals surface area contributed by atoms with Gasteiger partial charge in [-0.05, 0) is 41.7 Å². The van der Waals surface area contributed by atoms with Crippen molar-refractivity contribution in [3.63, 3.8) is 0 Å². The van der Waals surface area contributed by atoms with Gasteiger partial charge in [-0.25, -0.2) is 9.67 Å². The number of nitrogens with one attached hydrogen (secondary N) is 1. The molecular weight excluding hydrogens is 404 g/mol. The zero-order valence-electron chi connectivity index (χ0n) is 14.9. The molecule has 1 N–H and O–H groups in total. The first-order chi connectivity index (χ1) is 13.2. The number of aromatic nitrogens is 3. The second-order valence-corrected chi connectivity index (χ2v) is 7.90. The van der Waals surface area contributed by atoms with Crippen molar-refractivity contribution < 1.29 is 4.79 Å². The van der Waals surface area contributed by atoms with Crippen molar-refractivity contribution in [3.8, 4) is 0 Å². The fourth-order valence-electron chi connectivity index (χ4n) is 3.66. The molecule has 138 valence electrons. The molecule has 1 saturated carbocycles. The first-order valence-electron chi connectivity index (χ1n) is 9.11. The number of hydrogen-bond acceptors (Lipinski definition) is 3. The molecule has 6 heteroatoms. The lowest BCUT2D eigenvalue weighted by Crippen LogP contribution is -2.49. The number of carbonyl (C=O) groups is 1. The number of rotatable bonds is 6. The predicted molar refractivity (Wildman–Crippen MR) is 107 cm³/mol. The highest BCUT2D eigenvalue weighted by molar-refractivity contribution is 9.10. The summed E-state index contributed by atoms with van der Waals surface area (Å²) in [6.07, 6.45) is 6.13. The SMILES string of the molecule is O=C(NCc1ccccc1Cn1cncn1)C1(c2ccc(Br)cc2)CCC1. The van der Waals surface area contributed by atoms with Gasteiger partial charge in [0.2, 0.25) is 5.91 Å². The third-order valence-electron chi connectivity index (χ3n) is 5.40. The van der Waals surface area contributed by atoms with Gasteiger partial charge in [0, 0.05) is 11.0 Å². The molecule has 2 aromatic carbocycles. The van der Waals surface area contributed by atoms with E-state index in [1.54, 1.807) is 11.0 Å². The Labute approximate surface area is 167 Å². The minimum atomic E-state index is -0.387. The zero-order valence-corrected chi connectivity index (χ0v) is 16.5. The summed E-state index contributed by atoms with van der Waals surface area (Å²) >= 11 is 3.47. The molecule has 0 bridgehead atoms. The van der Waals surface area contributed by atoms with Gasteiger partial charge in [0.15, 0.2) is 0 Å². The van der Waals surface area contributed by atoms with Crippen LogP contribution < -0.4 is 5.32 Å². The molecule has 1 aliphatic carbocycles. The average molecular weight is 425 g/mol. The van der Waals surface area contributed by atoms with Crippen molar-refractivity contribution in [2.45, 2.75) is 37.8 Å². The van der Waals surface area contributed by atoms with E-state index in [-0.39, 0.29) is 11.3 Å². The summed E-state index contributed by atoms with van der Waals surface area (Å²) in [6, 6.07) is 16.3. The predicted octanol–water partition coefficient (Wildman–Crippen LogP) is 3.83. The highest BCUT2D eigenvalue weighted by Crippen LogP contribution is 2.44. The lowest BCUT2D eigenvalue weighted by molar-refractivity contribution is -0.130. The monoisotopic (exact) mass is 424 g/mol. The van der Waals surface area contributed by atoms with Gasteiger partial charge in [0.05, 0.1) is 12.0 Å². The third kappa shape index (κ3) is 3.67. The van der Waals surface area contributed by atoms with E-state index >= 15 is 0 Å². The van der Waals surface area contributed by atoms with Crippen molar-refractivity contribution in [2.24, 2.45) is 0 Å². The Morgan fingerprint density at radius 3 is 2.48 bits per heavy atom. The zero-order chi connectivity index (χ0) is 18.7. The van der Waals surface area contributed by atoms with Crippen LogP contribution in [0.1, 0.15) is 36.0 Å². The first kappa shape index (κ1) is 17.9. The fraction of sp³-hybridized carbons (Fsp3) is 0.286. The summed E-state index contributed by atoms with van der Waals surface area (Å²) in [5.41, 5.74) is 2.95. The van der Waals surface area contributed by atoms with Crippen LogP contribution in [-0.2, 0) is 23.3 Å². The Kier molecular flexibility index (Phi) is 5.07. The largest absolute Gasteiger partial charge is 0.351 e. The Hall–Kier alpha value is -2.47. The maximum atomic E-state index is 13.1. The third-order valence-corrected chi connectivity index (χ3v) is 5.92. The van der Waals surface area contributed by atoms with Crippen LogP contribution in [0.2, 0.25) is 0 Å². The minimum absolute atomic E-state index is 0.117. The van der Waals surface area contributed by atoms with Crippen molar-refractivity contribution in [2.75, 3.05) is 0 Å². The summed E-state index contributed by atoms with van der Waals surface area (Å²) in [7, 11) is 0. The molecule has 5 nitrogen and oxygen atoms in total. The van der Waals surface area contributed by atoms with Crippen LogP contribution in [0, 0.1) is 0 Å². The average Bonchev–Trinajstić information content (AvgIpc) is 3.15. The normalized spacial score (nSPS) is 15.1. The molecule has 3 aromatic rings. The molecule has 1 aromatic heterocycles. The van der Waals surface area contributed by atoms with E-state index in [1.807, 2.05) is 24.3 Å². The van der Waals surface area contributed by atoms with E-state index in [1.165, 1.54) is 6.33 Å². The molecule has 1 aliphatic rings. The summed E-state index contributed by atoms with van der Waals surface area (Å²) in [5.74, 6) is 0.117. The van der Waals surface area contributed by atoms with Crippen LogP contribution >= 0.6 is 15.9 Å². The molecule has 0 aliphatic heterocycles. The second kappa shape index (κ2) is 7.64. The molecule has 0 radical (unpaired) electrons. The van der Waals surface area contributed by atoms with E-state index in [4.69, 9.17) is 0 Å². The van der Waals surface area contributed by atoms with E-state index in [9.17, 15) is 4.79 Å². The molecule has 1 heterocycles. The van der Waals surface area contributed by atoms with Crippen LogP contribution in [0.4, 0.5) is 0 Å². The molecule has 0 atom stereocenters. The van der Waals surface area contributed by atoms with Gasteiger partial charge < -0.3 is 5.32 Å². The molecule has 27 heavy (non-hydrogen) atoms.